The summed E-state index contributed by atoms with van der Waals surface area (Å²) in [5.41, 5.74) is 5.35. The smallest absolute Gasteiger partial charge is 0.336 e. The Morgan fingerprint density at radius 2 is 1.72 bits per heavy atom. The van der Waals surface area contributed by atoms with Crippen LogP contribution in [0.25, 0.3) is 0 Å². The molecule has 0 spiro atoms. The number of rotatable bonds is 12. The highest BCUT2D eigenvalue weighted by molar-refractivity contribution is 7.99. The minimum atomic E-state index is -1.28. The van der Waals surface area contributed by atoms with Crippen molar-refractivity contribution in [1.29, 1.82) is 0 Å². The van der Waals surface area contributed by atoms with Crippen LogP contribution in [0.4, 0.5) is 0 Å². The molecular weight excluding hydrogens is 406 g/mol. The molecule has 0 saturated carbocycles. The molecule has 2 atom stereocenters. The minimum absolute atomic E-state index is 0.0148. The van der Waals surface area contributed by atoms with Crippen LogP contribution in [-0.2, 0) is 19.2 Å². The SMILES string of the molecule is NC(CCC(=O)NC(CSc1ccccc1C(=O)O)C(=O)NCC(=O)O)C(=O)O. The van der Waals surface area contributed by atoms with E-state index >= 15 is 0 Å². The van der Waals surface area contributed by atoms with Crippen LogP contribution in [-0.4, -0.2) is 69.4 Å². The Hall–Kier alpha value is -3.12. The van der Waals surface area contributed by atoms with Crippen molar-refractivity contribution < 1.29 is 39.3 Å². The molecule has 0 saturated heterocycles. The van der Waals surface area contributed by atoms with Crippen LogP contribution in [0.3, 0.4) is 0 Å². The van der Waals surface area contributed by atoms with Crippen LogP contribution < -0.4 is 16.4 Å². The average Bonchev–Trinajstić information content (AvgIpc) is 2.67. The summed E-state index contributed by atoms with van der Waals surface area (Å²) < 4.78 is 0. The van der Waals surface area contributed by atoms with Crippen molar-refractivity contribution in [2.24, 2.45) is 5.73 Å². The number of thioether (sulfide) groups is 1. The summed E-state index contributed by atoms with van der Waals surface area (Å²) in [6.07, 6.45) is -0.411. The number of benzene rings is 1. The first-order chi connectivity index (χ1) is 13.6. The molecule has 1 rings (SSSR count). The standard InChI is InChI=1S/C17H21N3O8S/c18-10(17(27)28)5-6-13(21)20-11(15(24)19-7-14(22)23)8-29-12-4-2-1-3-9(12)16(25)26/h1-4,10-11H,5-8,18H2,(H,19,24)(H,20,21)(H,22,23)(H,25,26)(H,27,28). The van der Waals surface area contributed by atoms with Gasteiger partial charge in [-0.1, -0.05) is 12.1 Å². The molecule has 2 amide bonds. The zero-order chi connectivity index (χ0) is 22.0. The van der Waals surface area contributed by atoms with E-state index in [-0.39, 0.29) is 24.2 Å². The van der Waals surface area contributed by atoms with E-state index < -0.39 is 48.4 Å². The molecule has 2 unspecified atom stereocenters. The number of aromatic carboxylic acids is 1. The number of hydrogen-bond acceptors (Lipinski definition) is 7. The minimum Gasteiger partial charge on any atom is -0.480 e. The first-order valence-corrected chi connectivity index (χ1v) is 9.32. The van der Waals surface area contributed by atoms with E-state index in [1.54, 1.807) is 6.07 Å². The van der Waals surface area contributed by atoms with Crippen molar-refractivity contribution in [2.75, 3.05) is 12.3 Å². The first-order valence-electron chi connectivity index (χ1n) is 8.34. The van der Waals surface area contributed by atoms with Gasteiger partial charge in [-0.25, -0.2) is 4.79 Å². The Morgan fingerprint density at radius 1 is 1.07 bits per heavy atom. The van der Waals surface area contributed by atoms with Crippen molar-refractivity contribution >= 4 is 41.5 Å². The third-order valence-corrected chi connectivity index (χ3v) is 4.76. The van der Waals surface area contributed by atoms with Gasteiger partial charge in [0.15, 0.2) is 0 Å². The zero-order valence-electron chi connectivity index (χ0n) is 15.2. The largest absolute Gasteiger partial charge is 0.480 e. The molecule has 0 fully saturated rings. The number of carbonyl (C=O) groups is 5. The molecule has 29 heavy (non-hydrogen) atoms. The van der Waals surface area contributed by atoms with Gasteiger partial charge in [-0.05, 0) is 18.6 Å². The van der Waals surface area contributed by atoms with Crippen molar-refractivity contribution in [1.82, 2.24) is 10.6 Å². The number of hydrogen-bond donors (Lipinski definition) is 6. The van der Waals surface area contributed by atoms with E-state index in [9.17, 15) is 29.1 Å². The highest BCUT2D eigenvalue weighted by atomic mass is 32.2. The van der Waals surface area contributed by atoms with Crippen LogP contribution >= 0.6 is 11.8 Å². The number of carbonyl (C=O) groups excluding carboxylic acids is 2. The summed E-state index contributed by atoms with van der Waals surface area (Å²) in [5.74, 6) is -5.21. The van der Waals surface area contributed by atoms with Crippen LogP contribution in [0.5, 0.6) is 0 Å². The van der Waals surface area contributed by atoms with E-state index in [2.05, 4.69) is 10.6 Å². The summed E-state index contributed by atoms with van der Waals surface area (Å²) in [6, 6.07) is 3.66. The summed E-state index contributed by atoms with van der Waals surface area (Å²) in [6.45, 7) is -0.661. The maximum atomic E-state index is 12.2. The Morgan fingerprint density at radius 3 is 2.31 bits per heavy atom. The molecule has 0 aliphatic heterocycles. The molecule has 0 aliphatic carbocycles. The van der Waals surface area contributed by atoms with Gasteiger partial charge in [0.25, 0.3) is 0 Å². The molecule has 7 N–H and O–H groups in total. The van der Waals surface area contributed by atoms with Crippen LogP contribution in [0, 0.1) is 0 Å². The van der Waals surface area contributed by atoms with E-state index in [0.717, 1.165) is 11.8 Å². The van der Waals surface area contributed by atoms with Crippen LogP contribution in [0.15, 0.2) is 29.2 Å². The fourth-order valence-electron chi connectivity index (χ4n) is 2.09. The molecule has 11 nitrogen and oxygen atoms in total. The van der Waals surface area contributed by atoms with E-state index in [1.165, 1.54) is 18.2 Å². The summed E-state index contributed by atoms with van der Waals surface area (Å²) >= 11 is 0.995. The Labute approximate surface area is 169 Å². The second-order valence-corrected chi connectivity index (χ2v) is 6.89. The lowest BCUT2D eigenvalue weighted by atomic mass is 10.1. The topological polar surface area (TPSA) is 196 Å². The summed E-state index contributed by atoms with van der Waals surface area (Å²) in [5, 5.41) is 31.2. The lowest BCUT2D eigenvalue weighted by molar-refractivity contribution is -0.139. The van der Waals surface area contributed by atoms with Crippen molar-refractivity contribution in [2.45, 2.75) is 29.8 Å². The Kier molecular flexibility index (Phi) is 9.62. The molecule has 0 aromatic heterocycles. The van der Waals surface area contributed by atoms with Crippen molar-refractivity contribution in [3.63, 3.8) is 0 Å². The highest BCUT2D eigenvalue weighted by Gasteiger charge is 2.23. The van der Waals surface area contributed by atoms with Gasteiger partial charge in [-0.2, -0.15) is 0 Å². The van der Waals surface area contributed by atoms with E-state index in [1.807, 2.05) is 0 Å². The molecule has 0 radical (unpaired) electrons. The van der Waals surface area contributed by atoms with E-state index in [4.69, 9.17) is 15.9 Å². The van der Waals surface area contributed by atoms with Crippen LogP contribution in [0.2, 0.25) is 0 Å². The number of carboxylic acids is 3. The fraction of sp³-hybridized carbons (Fsp3) is 0.353. The maximum Gasteiger partial charge on any atom is 0.336 e. The fourth-order valence-corrected chi connectivity index (χ4v) is 3.15. The molecule has 1 aromatic carbocycles. The molecule has 12 heteroatoms. The van der Waals surface area contributed by atoms with Crippen molar-refractivity contribution in [3.05, 3.63) is 29.8 Å². The number of aliphatic carboxylic acids is 2. The number of nitrogens with two attached hydrogens (primary N) is 1. The number of nitrogens with one attached hydrogen (secondary N) is 2. The van der Waals surface area contributed by atoms with Gasteiger partial charge in [0.1, 0.15) is 18.6 Å². The first kappa shape index (κ1) is 23.9. The normalized spacial score (nSPS) is 12.4. The van der Waals surface area contributed by atoms with Gasteiger partial charge >= 0.3 is 17.9 Å². The van der Waals surface area contributed by atoms with Gasteiger partial charge in [0, 0.05) is 17.1 Å². The molecule has 0 aliphatic rings. The second-order valence-electron chi connectivity index (χ2n) is 5.83. The molecule has 0 bridgehead atoms. The predicted octanol–water partition coefficient (Wildman–Crippen LogP) is -0.645. The Bertz CT molecular complexity index is 786. The lowest BCUT2D eigenvalue weighted by Crippen LogP contribution is -2.49. The molecule has 1 aromatic rings. The molecule has 158 valence electrons. The predicted molar refractivity (Wildman–Crippen MR) is 102 cm³/mol. The average molecular weight is 427 g/mol. The monoisotopic (exact) mass is 427 g/mol. The van der Waals surface area contributed by atoms with Crippen molar-refractivity contribution in [3.8, 4) is 0 Å². The summed E-state index contributed by atoms with van der Waals surface area (Å²) in [4.78, 5) is 57.3. The van der Waals surface area contributed by atoms with Gasteiger partial charge in [-0.3, -0.25) is 19.2 Å². The number of carboxylic acid groups (broad SMARTS) is 3. The quantitative estimate of drug-likeness (QED) is 0.233. The van der Waals surface area contributed by atoms with E-state index in [0.29, 0.717) is 4.90 Å². The van der Waals surface area contributed by atoms with Crippen LogP contribution in [0.1, 0.15) is 23.2 Å². The number of amides is 2. The van der Waals surface area contributed by atoms with Gasteiger partial charge in [0.2, 0.25) is 11.8 Å². The second kappa shape index (κ2) is 11.7. The third kappa shape index (κ3) is 8.62. The lowest BCUT2D eigenvalue weighted by Gasteiger charge is -2.18. The molecular formula is C17H21N3O8S. The Balaban J connectivity index is 2.81. The van der Waals surface area contributed by atoms with Gasteiger partial charge in [-0.15, -0.1) is 11.8 Å². The maximum absolute atomic E-state index is 12.2. The van der Waals surface area contributed by atoms with Gasteiger partial charge < -0.3 is 31.7 Å². The van der Waals surface area contributed by atoms with Gasteiger partial charge in [0.05, 0.1) is 5.56 Å². The highest BCUT2D eigenvalue weighted by Crippen LogP contribution is 2.23. The zero-order valence-corrected chi connectivity index (χ0v) is 16.0. The summed E-state index contributed by atoms with van der Waals surface area (Å²) in [7, 11) is 0. The molecule has 0 heterocycles. The third-order valence-electron chi connectivity index (χ3n) is 3.59.